The third-order valence-electron chi connectivity index (χ3n) is 1.87. The minimum absolute atomic E-state index is 0.447. The second-order valence-corrected chi connectivity index (χ2v) is 4.41. The molecule has 0 aliphatic carbocycles. The Hall–Kier alpha value is 0.350. The topological polar surface area (TPSA) is 34.1 Å². The van der Waals surface area contributed by atoms with Crippen molar-refractivity contribution in [3.05, 3.63) is 23.2 Å². The molecule has 0 saturated carbocycles. The number of hydrogen-bond acceptors (Lipinski definition) is 2. The molecule has 5 heteroatoms. The highest BCUT2D eigenvalue weighted by Gasteiger charge is 2.46. The van der Waals surface area contributed by atoms with Gasteiger partial charge in [0.1, 0.15) is 0 Å². The maximum atomic E-state index is 10.9. The van der Waals surface area contributed by atoms with Crippen LogP contribution in [0, 0.1) is 23.2 Å². The third kappa shape index (κ3) is 2.23. The Morgan fingerprint density at radius 3 is 1.46 bits per heavy atom. The molecule has 0 unspecified atom stereocenters. The maximum absolute atomic E-state index is 10.9. The molecule has 0 spiro atoms. The largest absolute Gasteiger partial charge is 0.280 e. The van der Waals surface area contributed by atoms with Gasteiger partial charge < -0.3 is 0 Å². The van der Waals surface area contributed by atoms with Gasteiger partial charge in [-0.15, -0.1) is 0 Å². The molecule has 2 nitrogen and oxygen atoms in total. The molecule has 0 aromatic rings. The van der Waals surface area contributed by atoms with Gasteiger partial charge in [0.25, 0.3) is 0 Å². The average molecular weight is 236 g/mol. The van der Waals surface area contributed by atoms with Crippen molar-refractivity contribution in [1.29, 1.82) is 0 Å². The van der Waals surface area contributed by atoms with Crippen molar-refractivity contribution in [3.63, 3.8) is 0 Å². The molecule has 0 atom stereocenters. The Balaban J connectivity index is 2.78. The van der Waals surface area contributed by atoms with Gasteiger partial charge in [-0.05, 0) is 31.8 Å². The zero-order chi connectivity index (χ0) is 10.2. The van der Waals surface area contributed by atoms with Crippen LogP contribution in [-0.2, 0) is 9.59 Å². The number of rotatable bonds is 2. The van der Waals surface area contributed by atoms with Crippen LogP contribution < -0.4 is 0 Å². The summed E-state index contributed by atoms with van der Waals surface area (Å²) in [7, 11) is 0.524. The molecule has 0 aromatic carbocycles. The number of carbonyl (C=O) groups is 2. The van der Waals surface area contributed by atoms with Crippen molar-refractivity contribution in [2.45, 2.75) is 13.8 Å². The number of carbonyl (C=O) groups excluding carboxylic acids is 2. The summed E-state index contributed by atoms with van der Waals surface area (Å²) in [5.74, 6) is 1.51. The summed E-state index contributed by atoms with van der Waals surface area (Å²) < 4.78 is 0. The smallest absolute Gasteiger partial charge is 0.234 e. The van der Waals surface area contributed by atoms with Crippen molar-refractivity contribution in [2.75, 3.05) is 0 Å². The Labute approximate surface area is 89.1 Å². The van der Waals surface area contributed by atoms with E-state index in [9.17, 15) is 9.59 Å². The fourth-order valence-electron chi connectivity index (χ4n) is 1.02. The normalized spacial score (nSPS) is 22.5. The molecule has 0 aromatic heterocycles. The highest BCUT2D eigenvalue weighted by molar-refractivity contribution is 7.51. The minimum Gasteiger partial charge on any atom is -0.280 e. The van der Waals surface area contributed by atoms with Crippen molar-refractivity contribution in [2.24, 2.45) is 0 Å². The van der Waals surface area contributed by atoms with E-state index >= 15 is 0 Å². The molecule has 5 radical (unpaired) electrons. The average Bonchev–Trinajstić information content (AvgIpc) is 2.29. The van der Waals surface area contributed by atoms with Crippen molar-refractivity contribution < 1.29 is 9.59 Å². The van der Waals surface area contributed by atoms with Gasteiger partial charge in [-0.25, -0.2) is 0 Å². The predicted octanol–water partition coefficient (Wildman–Crippen LogP) is 2.73. The second kappa shape index (κ2) is 4.25. The summed E-state index contributed by atoms with van der Waals surface area (Å²) in [6.45, 7) is 3.51. The van der Waals surface area contributed by atoms with Crippen molar-refractivity contribution in [3.8, 4) is 0 Å². The molecule has 1 aliphatic rings. The van der Waals surface area contributed by atoms with E-state index in [1.165, 1.54) is 0 Å². The highest BCUT2D eigenvalue weighted by atomic mass is 35.5. The molecule has 1 fully saturated rings. The van der Waals surface area contributed by atoms with E-state index in [-0.39, 0.29) is 0 Å². The summed E-state index contributed by atoms with van der Waals surface area (Å²) >= 11 is 10.7. The molecule has 1 saturated heterocycles. The van der Waals surface area contributed by atoms with Gasteiger partial charge in [0.05, 0.1) is 11.3 Å². The van der Waals surface area contributed by atoms with E-state index in [0.29, 0.717) is 19.9 Å². The summed E-state index contributed by atoms with van der Waals surface area (Å²) in [4.78, 5) is 21.8. The SMILES string of the molecule is C[C]1[C](C)[C](C(=O)Cl)[P][C]1C(=O)Cl. The number of halogens is 2. The highest BCUT2D eigenvalue weighted by Crippen LogP contribution is 2.60. The minimum atomic E-state index is -0.522. The first-order chi connectivity index (χ1) is 5.95. The first-order valence-corrected chi connectivity index (χ1v) is 5.13. The predicted molar refractivity (Wildman–Crippen MR) is 53.0 cm³/mol. The summed E-state index contributed by atoms with van der Waals surface area (Å²) in [5, 5.41) is -1.04. The molecule has 0 N–H and O–H groups in total. The standard InChI is InChI=1S/C8H6Cl2O2P/c1-3-4(2)6(8(10)12)13-5(3)7(9)11/h1-2H3. The van der Waals surface area contributed by atoms with Crippen LogP contribution in [0.1, 0.15) is 13.8 Å². The lowest BCUT2D eigenvalue weighted by atomic mass is 9.91. The molecule has 0 amide bonds. The Morgan fingerprint density at radius 1 is 1.00 bits per heavy atom. The molecule has 1 aliphatic heterocycles. The lowest BCUT2D eigenvalue weighted by Gasteiger charge is -2.11. The Morgan fingerprint density at radius 2 is 1.31 bits per heavy atom. The molecular formula is C8H6Cl2O2P. The van der Waals surface area contributed by atoms with E-state index in [1.807, 2.05) is 0 Å². The van der Waals surface area contributed by atoms with E-state index in [0.717, 1.165) is 11.8 Å². The molecule has 1 rings (SSSR count). The summed E-state index contributed by atoms with van der Waals surface area (Å²) in [6, 6.07) is 0. The van der Waals surface area contributed by atoms with Gasteiger partial charge in [-0.1, -0.05) is 13.8 Å². The molecule has 0 bridgehead atoms. The van der Waals surface area contributed by atoms with E-state index < -0.39 is 10.5 Å². The van der Waals surface area contributed by atoms with Gasteiger partial charge in [0.15, 0.2) is 0 Å². The molecule has 13 heavy (non-hydrogen) atoms. The van der Waals surface area contributed by atoms with Crippen LogP contribution in [0.3, 0.4) is 0 Å². The van der Waals surface area contributed by atoms with Gasteiger partial charge in [0.2, 0.25) is 10.5 Å². The van der Waals surface area contributed by atoms with E-state index in [1.54, 1.807) is 13.8 Å². The first-order valence-electron chi connectivity index (χ1n) is 3.48. The zero-order valence-corrected chi connectivity index (χ0v) is 9.43. The Bertz CT molecular complexity index is 220. The van der Waals surface area contributed by atoms with E-state index in [4.69, 9.17) is 23.2 Å². The van der Waals surface area contributed by atoms with Crippen molar-refractivity contribution >= 4 is 42.3 Å². The molecule has 1 heterocycles. The van der Waals surface area contributed by atoms with Crippen LogP contribution in [0.2, 0.25) is 0 Å². The van der Waals surface area contributed by atoms with Crippen LogP contribution in [0.25, 0.3) is 0 Å². The van der Waals surface area contributed by atoms with Gasteiger partial charge >= 0.3 is 0 Å². The van der Waals surface area contributed by atoms with Crippen LogP contribution in [0.15, 0.2) is 0 Å². The van der Waals surface area contributed by atoms with Crippen LogP contribution in [-0.4, -0.2) is 10.5 Å². The third-order valence-corrected chi connectivity index (χ3v) is 4.03. The monoisotopic (exact) mass is 235 g/mol. The summed E-state index contributed by atoms with van der Waals surface area (Å²) in [5.41, 5.74) is 0.895. The van der Waals surface area contributed by atoms with Crippen LogP contribution in [0.5, 0.6) is 0 Å². The fourth-order valence-corrected chi connectivity index (χ4v) is 2.62. The maximum Gasteiger partial charge on any atom is 0.234 e. The van der Waals surface area contributed by atoms with Gasteiger partial charge in [-0.2, -0.15) is 0 Å². The molecule has 69 valence electrons. The lowest BCUT2D eigenvalue weighted by Crippen LogP contribution is -2.10. The number of hydrogen-bond donors (Lipinski definition) is 0. The quantitative estimate of drug-likeness (QED) is 0.545. The summed E-state index contributed by atoms with van der Waals surface area (Å²) in [6.07, 6.45) is 0. The first kappa shape index (κ1) is 11.4. The lowest BCUT2D eigenvalue weighted by molar-refractivity contribution is -0.109. The molecular weight excluding hydrogens is 230 g/mol. The van der Waals surface area contributed by atoms with Crippen molar-refractivity contribution in [1.82, 2.24) is 0 Å². The Kier molecular flexibility index (Phi) is 3.73. The van der Waals surface area contributed by atoms with E-state index in [2.05, 4.69) is 0 Å². The van der Waals surface area contributed by atoms with Gasteiger partial charge in [0, 0.05) is 11.8 Å². The van der Waals surface area contributed by atoms with Gasteiger partial charge in [-0.3, -0.25) is 9.59 Å². The second-order valence-electron chi connectivity index (χ2n) is 2.61. The van der Waals surface area contributed by atoms with Crippen LogP contribution in [0.4, 0.5) is 0 Å². The van der Waals surface area contributed by atoms with Crippen LogP contribution >= 0.6 is 31.8 Å². The zero-order valence-electron chi connectivity index (χ0n) is 7.02. The fraction of sp³-hybridized carbons (Fsp3) is 0.250.